The summed E-state index contributed by atoms with van der Waals surface area (Å²) in [7, 11) is 0. The highest BCUT2D eigenvalue weighted by molar-refractivity contribution is 5.78. The van der Waals surface area contributed by atoms with Gasteiger partial charge in [0.2, 0.25) is 0 Å². The van der Waals surface area contributed by atoms with E-state index in [1.807, 2.05) is 13.0 Å². The molecule has 0 aliphatic carbocycles. The molecule has 1 aromatic heterocycles. The van der Waals surface area contributed by atoms with Crippen LogP contribution in [0.15, 0.2) is 30.5 Å². The van der Waals surface area contributed by atoms with Crippen LogP contribution in [0, 0.1) is 12.7 Å². The van der Waals surface area contributed by atoms with Gasteiger partial charge in [0.15, 0.2) is 0 Å². The molecule has 0 aliphatic heterocycles. The van der Waals surface area contributed by atoms with E-state index in [4.69, 9.17) is 0 Å². The molecule has 0 fully saturated rings. The lowest BCUT2D eigenvalue weighted by Crippen LogP contribution is -1.81. The number of hydrogen-bond acceptors (Lipinski definition) is 1. The normalized spacial score (nSPS) is 10.5. The number of nitrogens with zero attached hydrogens (tertiary/aromatic N) is 1. The SMILES string of the molecule is Cc1cnc2ccc(F)cc2c1. The zero-order valence-electron chi connectivity index (χ0n) is 6.71. The van der Waals surface area contributed by atoms with Gasteiger partial charge in [0.1, 0.15) is 5.82 Å². The summed E-state index contributed by atoms with van der Waals surface area (Å²) in [5.74, 6) is -0.213. The van der Waals surface area contributed by atoms with E-state index in [0.717, 1.165) is 16.5 Å². The number of pyridine rings is 1. The number of aryl methyl sites for hydroxylation is 1. The van der Waals surface area contributed by atoms with Gasteiger partial charge in [0.25, 0.3) is 0 Å². The third-order valence-electron chi connectivity index (χ3n) is 1.78. The average molecular weight is 161 g/mol. The highest BCUT2D eigenvalue weighted by atomic mass is 19.1. The van der Waals surface area contributed by atoms with Crippen LogP contribution in [0.4, 0.5) is 4.39 Å². The summed E-state index contributed by atoms with van der Waals surface area (Å²) in [5, 5.41) is 0.856. The van der Waals surface area contributed by atoms with E-state index in [1.165, 1.54) is 12.1 Å². The Bertz CT molecular complexity index is 386. The van der Waals surface area contributed by atoms with Crippen molar-refractivity contribution in [3.63, 3.8) is 0 Å². The van der Waals surface area contributed by atoms with Crippen molar-refractivity contribution in [2.75, 3.05) is 0 Å². The van der Waals surface area contributed by atoms with Gasteiger partial charge in [-0.15, -0.1) is 0 Å². The first-order valence-corrected chi connectivity index (χ1v) is 3.77. The van der Waals surface area contributed by atoms with Crippen molar-refractivity contribution in [1.29, 1.82) is 0 Å². The Balaban J connectivity index is 2.80. The first-order chi connectivity index (χ1) is 5.75. The monoisotopic (exact) mass is 161 g/mol. The van der Waals surface area contributed by atoms with Gasteiger partial charge in [0.05, 0.1) is 5.52 Å². The predicted molar refractivity (Wildman–Crippen MR) is 46.4 cm³/mol. The number of rotatable bonds is 0. The van der Waals surface area contributed by atoms with Gasteiger partial charge in [-0.25, -0.2) is 4.39 Å². The molecule has 0 radical (unpaired) electrons. The Morgan fingerprint density at radius 2 is 2.08 bits per heavy atom. The Labute approximate surface area is 69.9 Å². The minimum Gasteiger partial charge on any atom is -0.256 e. The molecule has 0 N–H and O–H groups in total. The smallest absolute Gasteiger partial charge is 0.123 e. The molecule has 0 bridgehead atoms. The molecule has 2 aromatic rings. The summed E-state index contributed by atoms with van der Waals surface area (Å²) in [4.78, 5) is 4.16. The third kappa shape index (κ3) is 1.16. The average Bonchev–Trinajstić information content (AvgIpc) is 2.03. The number of hydrogen-bond donors (Lipinski definition) is 0. The Kier molecular flexibility index (Phi) is 1.54. The summed E-state index contributed by atoms with van der Waals surface area (Å²) in [6, 6.07) is 6.52. The van der Waals surface area contributed by atoms with Crippen LogP contribution in [-0.4, -0.2) is 4.98 Å². The summed E-state index contributed by atoms with van der Waals surface area (Å²) in [6.45, 7) is 1.94. The maximum absolute atomic E-state index is 12.7. The van der Waals surface area contributed by atoms with Crippen LogP contribution >= 0.6 is 0 Å². The van der Waals surface area contributed by atoms with Crippen molar-refractivity contribution in [3.05, 3.63) is 41.8 Å². The second kappa shape index (κ2) is 2.55. The first-order valence-electron chi connectivity index (χ1n) is 3.77. The van der Waals surface area contributed by atoms with Crippen molar-refractivity contribution in [3.8, 4) is 0 Å². The van der Waals surface area contributed by atoms with Crippen molar-refractivity contribution in [2.24, 2.45) is 0 Å². The summed E-state index contributed by atoms with van der Waals surface area (Å²) < 4.78 is 12.7. The molecule has 2 rings (SSSR count). The maximum Gasteiger partial charge on any atom is 0.123 e. The molecule has 0 saturated heterocycles. The molecule has 1 heterocycles. The Hall–Kier alpha value is -1.44. The zero-order valence-corrected chi connectivity index (χ0v) is 6.71. The first kappa shape index (κ1) is 7.22. The Morgan fingerprint density at radius 3 is 2.92 bits per heavy atom. The van der Waals surface area contributed by atoms with E-state index < -0.39 is 0 Å². The van der Waals surface area contributed by atoms with Crippen LogP contribution in [0.5, 0.6) is 0 Å². The van der Waals surface area contributed by atoms with E-state index in [2.05, 4.69) is 4.98 Å². The van der Waals surface area contributed by atoms with Gasteiger partial charge in [-0.2, -0.15) is 0 Å². The topological polar surface area (TPSA) is 12.9 Å². The lowest BCUT2D eigenvalue weighted by Gasteiger charge is -1.97. The third-order valence-corrected chi connectivity index (χ3v) is 1.78. The van der Waals surface area contributed by atoms with Gasteiger partial charge >= 0.3 is 0 Å². The van der Waals surface area contributed by atoms with Crippen molar-refractivity contribution in [2.45, 2.75) is 6.92 Å². The van der Waals surface area contributed by atoms with Crippen LogP contribution in [0.1, 0.15) is 5.56 Å². The minimum atomic E-state index is -0.213. The highest BCUT2D eigenvalue weighted by Gasteiger charge is 1.95. The minimum absolute atomic E-state index is 0.213. The number of benzene rings is 1. The molecule has 2 heteroatoms. The molecular weight excluding hydrogens is 153 g/mol. The molecule has 0 atom stereocenters. The van der Waals surface area contributed by atoms with Crippen LogP contribution < -0.4 is 0 Å². The molecule has 1 aromatic carbocycles. The van der Waals surface area contributed by atoms with Crippen molar-refractivity contribution in [1.82, 2.24) is 4.98 Å². The lowest BCUT2D eigenvalue weighted by molar-refractivity contribution is 0.629. The van der Waals surface area contributed by atoms with E-state index in [1.54, 1.807) is 12.3 Å². The molecule has 60 valence electrons. The standard InChI is InChI=1S/C10H8FN/c1-7-4-8-5-9(11)2-3-10(8)12-6-7/h2-6H,1H3. The molecule has 0 saturated carbocycles. The highest BCUT2D eigenvalue weighted by Crippen LogP contribution is 2.13. The van der Waals surface area contributed by atoms with Crippen LogP contribution in [0.3, 0.4) is 0 Å². The molecule has 12 heavy (non-hydrogen) atoms. The van der Waals surface area contributed by atoms with Gasteiger partial charge in [-0.3, -0.25) is 4.98 Å². The second-order valence-corrected chi connectivity index (χ2v) is 2.85. The fourth-order valence-electron chi connectivity index (χ4n) is 1.21. The maximum atomic E-state index is 12.7. The van der Waals surface area contributed by atoms with Gasteiger partial charge in [-0.05, 0) is 36.8 Å². The van der Waals surface area contributed by atoms with Crippen molar-refractivity contribution < 1.29 is 4.39 Å². The Morgan fingerprint density at radius 1 is 1.25 bits per heavy atom. The van der Waals surface area contributed by atoms with E-state index in [-0.39, 0.29) is 5.82 Å². The summed E-state index contributed by atoms with van der Waals surface area (Å²) in [6.07, 6.45) is 1.78. The van der Waals surface area contributed by atoms with E-state index in [9.17, 15) is 4.39 Å². The molecule has 0 amide bonds. The molecule has 1 nitrogen and oxygen atoms in total. The molecule has 0 aliphatic rings. The largest absolute Gasteiger partial charge is 0.256 e. The van der Waals surface area contributed by atoms with Crippen LogP contribution in [0.2, 0.25) is 0 Å². The van der Waals surface area contributed by atoms with Crippen LogP contribution in [-0.2, 0) is 0 Å². The van der Waals surface area contributed by atoms with E-state index >= 15 is 0 Å². The summed E-state index contributed by atoms with van der Waals surface area (Å²) >= 11 is 0. The van der Waals surface area contributed by atoms with Crippen LogP contribution in [0.25, 0.3) is 10.9 Å². The quantitative estimate of drug-likeness (QED) is 0.578. The lowest BCUT2D eigenvalue weighted by atomic mass is 10.2. The number of halogens is 1. The predicted octanol–water partition coefficient (Wildman–Crippen LogP) is 2.68. The van der Waals surface area contributed by atoms with Crippen molar-refractivity contribution >= 4 is 10.9 Å². The fourth-order valence-corrected chi connectivity index (χ4v) is 1.21. The number of fused-ring (bicyclic) bond motifs is 1. The fraction of sp³-hybridized carbons (Fsp3) is 0.100. The molecular formula is C10H8FN. The van der Waals surface area contributed by atoms with Gasteiger partial charge in [-0.1, -0.05) is 0 Å². The number of aromatic nitrogens is 1. The summed E-state index contributed by atoms with van der Waals surface area (Å²) in [5.41, 5.74) is 1.88. The second-order valence-electron chi connectivity index (χ2n) is 2.85. The zero-order chi connectivity index (χ0) is 8.55. The molecule has 0 spiro atoms. The van der Waals surface area contributed by atoms with Gasteiger partial charge in [0, 0.05) is 11.6 Å². The van der Waals surface area contributed by atoms with E-state index in [0.29, 0.717) is 0 Å². The molecule has 0 unspecified atom stereocenters. The van der Waals surface area contributed by atoms with Gasteiger partial charge < -0.3 is 0 Å².